The summed E-state index contributed by atoms with van der Waals surface area (Å²) in [4.78, 5) is 15.1. The summed E-state index contributed by atoms with van der Waals surface area (Å²) in [6.45, 7) is 0. The maximum Gasteiger partial charge on any atom is 0.335 e. The Morgan fingerprint density at radius 3 is 2.48 bits per heavy atom. The number of pyridine rings is 1. The minimum absolute atomic E-state index is 0.259. The molecule has 3 aromatic rings. The quantitative estimate of drug-likeness (QED) is 0.692. The summed E-state index contributed by atoms with van der Waals surface area (Å²) in [7, 11) is 0. The zero-order valence-corrected chi connectivity index (χ0v) is 11.1. The molecule has 1 N–H and O–H groups in total. The summed E-state index contributed by atoms with van der Waals surface area (Å²) in [5.41, 5.74) is 2.85. The molecule has 3 rings (SSSR count). The minimum Gasteiger partial charge on any atom is -0.478 e. The number of hydrogen-bond acceptors (Lipinski definition) is 2. The lowest BCUT2D eigenvalue weighted by Crippen LogP contribution is -1.94. The molecule has 0 unspecified atom stereocenters. The van der Waals surface area contributed by atoms with Crippen LogP contribution >= 0.6 is 0 Å². The average molecular weight is 273 g/mol. The lowest BCUT2D eigenvalue weighted by atomic mass is 10.1. The zero-order valence-electron chi connectivity index (χ0n) is 11.1. The summed E-state index contributed by atoms with van der Waals surface area (Å²) < 4.78 is 0. The van der Waals surface area contributed by atoms with Crippen molar-refractivity contribution in [2.45, 2.75) is 0 Å². The normalized spacial score (nSPS) is 9.90. The Morgan fingerprint density at radius 1 is 0.952 bits per heavy atom. The van der Waals surface area contributed by atoms with E-state index in [-0.39, 0.29) is 5.56 Å². The molecule has 3 nitrogen and oxygen atoms in total. The van der Waals surface area contributed by atoms with E-state index in [1.807, 2.05) is 30.3 Å². The van der Waals surface area contributed by atoms with Crippen molar-refractivity contribution in [3.8, 4) is 11.8 Å². The first kappa shape index (κ1) is 12.9. The topological polar surface area (TPSA) is 50.2 Å². The minimum atomic E-state index is -0.936. The Balaban J connectivity index is 1.98. The number of para-hydroxylation sites is 1. The van der Waals surface area contributed by atoms with Gasteiger partial charge in [0.2, 0.25) is 0 Å². The molecule has 0 saturated heterocycles. The third-order valence-corrected chi connectivity index (χ3v) is 3.12. The fraction of sp³-hybridized carbons (Fsp3) is 0. The average Bonchev–Trinajstić information content (AvgIpc) is 2.53. The van der Waals surface area contributed by atoms with E-state index in [9.17, 15) is 4.79 Å². The Labute approximate surface area is 121 Å². The molecular formula is C18H11NO2. The van der Waals surface area contributed by atoms with E-state index < -0.39 is 5.97 Å². The third kappa shape index (κ3) is 2.75. The van der Waals surface area contributed by atoms with Crippen LogP contribution in [0.15, 0.2) is 60.8 Å². The van der Waals surface area contributed by atoms with E-state index in [0.29, 0.717) is 0 Å². The van der Waals surface area contributed by atoms with E-state index in [0.717, 1.165) is 22.0 Å². The lowest BCUT2D eigenvalue weighted by Gasteiger charge is -1.98. The van der Waals surface area contributed by atoms with Crippen LogP contribution in [0.25, 0.3) is 10.9 Å². The predicted molar refractivity (Wildman–Crippen MR) is 81.1 cm³/mol. The van der Waals surface area contributed by atoms with E-state index in [1.165, 1.54) is 0 Å². The van der Waals surface area contributed by atoms with Crippen molar-refractivity contribution in [3.63, 3.8) is 0 Å². The Hall–Kier alpha value is -3.12. The van der Waals surface area contributed by atoms with E-state index in [4.69, 9.17) is 5.11 Å². The molecule has 0 aliphatic carbocycles. The van der Waals surface area contributed by atoms with Gasteiger partial charge in [0.15, 0.2) is 0 Å². The highest BCUT2D eigenvalue weighted by Gasteiger charge is 2.00. The number of fused-ring (bicyclic) bond motifs is 1. The number of rotatable bonds is 1. The fourth-order valence-electron chi connectivity index (χ4n) is 2.04. The van der Waals surface area contributed by atoms with Gasteiger partial charge in [-0.25, -0.2) is 4.79 Å². The van der Waals surface area contributed by atoms with Gasteiger partial charge in [0, 0.05) is 22.7 Å². The van der Waals surface area contributed by atoms with Crippen LogP contribution < -0.4 is 0 Å². The standard InChI is InChI=1S/C18H11NO2/c20-18(21)15-9-6-13(7-10-15)5-8-14-11-12-19-17-4-2-1-3-16(14)17/h1-4,6-7,9-12H,(H,20,21). The number of carboxylic acid groups (broad SMARTS) is 1. The highest BCUT2D eigenvalue weighted by atomic mass is 16.4. The molecule has 21 heavy (non-hydrogen) atoms. The van der Waals surface area contributed by atoms with Gasteiger partial charge in [0.25, 0.3) is 0 Å². The van der Waals surface area contributed by atoms with Gasteiger partial charge in [0.1, 0.15) is 0 Å². The highest BCUT2D eigenvalue weighted by molar-refractivity contribution is 5.87. The van der Waals surface area contributed by atoms with Crippen molar-refractivity contribution in [3.05, 3.63) is 77.5 Å². The number of carbonyl (C=O) groups is 1. The van der Waals surface area contributed by atoms with Crippen molar-refractivity contribution in [2.24, 2.45) is 0 Å². The first-order chi connectivity index (χ1) is 10.2. The SMILES string of the molecule is O=C(O)c1ccc(C#Cc2ccnc3ccccc23)cc1. The van der Waals surface area contributed by atoms with Crippen molar-refractivity contribution in [2.75, 3.05) is 0 Å². The molecule has 3 heteroatoms. The fourth-order valence-corrected chi connectivity index (χ4v) is 2.04. The molecule has 0 bridgehead atoms. The molecule has 0 fully saturated rings. The van der Waals surface area contributed by atoms with E-state index in [2.05, 4.69) is 16.8 Å². The number of benzene rings is 2. The Morgan fingerprint density at radius 2 is 1.71 bits per heavy atom. The first-order valence-electron chi connectivity index (χ1n) is 6.43. The molecule has 0 amide bonds. The summed E-state index contributed by atoms with van der Waals surface area (Å²) in [6, 6.07) is 16.2. The van der Waals surface area contributed by atoms with Crippen LogP contribution in [0.5, 0.6) is 0 Å². The van der Waals surface area contributed by atoms with Gasteiger partial charge in [-0.15, -0.1) is 0 Å². The summed E-state index contributed by atoms with van der Waals surface area (Å²) in [6.07, 6.45) is 1.74. The van der Waals surface area contributed by atoms with Crippen molar-refractivity contribution in [1.82, 2.24) is 4.98 Å². The smallest absolute Gasteiger partial charge is 0.335 e. The highest BCUT2D eigenvalue weighted by Crippen LogP contribution is 2.15. The molecule has 0 spiro atoms. The monoisotopic (exact) mass is 273 g/mol. The molecule has 0 radical (unpaired) electrons. The number of aromatic nitrogens is 1. The summed E-state index contributed by atoms with van der Waals surface area (Å²) >= 11 is 0. The molecular weight excluding hydrogens is 262 g/mol. The second kappa shape index (κ2) is 5.48. The van der Waals surface area contributed by atoms with Crippen LogP contribution in [0.4, 0.5) is 0 Å². The van der Waals surface area contributed by atoms with Crippen molar-refractivity contribution >= 4 is 16.9 Å². The number of nitrogens with zero attached hydrogens (tertiary/aromatic N) is 1. The number of hydrogen-bond donors (Lipinski definition) is 1. The van der Waals surface area contributed by atoms with E-state index in [1.54, 1.807) is 30.5 Å². The predicted octanol–water partition coefficient (Wildman–Crippen LogP) is 3.33. The zero-order chi connectivity index (χ0) is 14.7. The molecule has 1 heterocycles. The van der Waals surface area contributed by atoms with Crippen molar-refractivity contribution in [1.29, 1.82) is 0 Å². The van der Waals surface area contributed by atoms with Crippen LogP contribution in [-0.2, 0) is 0 Å². The van der Waals surface area contributed by atoms with Crippen LogP contribution in [0, 0.1) is 11.8 Å². The van der Waals surface area contributed by atoms with Crippen LogP contribution in [0.2, 0.25) is 0 Å². The molecule has 0 aliphatic heterocycles. The largest absolute Gasteiger partial charge is 0.478 e. The molecule has 0 saturated carbocycles. The molecule has 2 aromatic carbocycles. The Bertz CT molecular complexity index is 866. The lowest BCUT2D eigenvalue weighted by molar-refractivity contribution is 0.0697. The molecule has 0 aliphatic rings. The van der Waals surface area contributed by atoms with Gasteiger partial charge in [-0.3, -0.25) is 4.98 Å². The molecule has 1 aromatic heterocycles. The van der Waals surface area contributed by atoms with Crippen LogP contribution in [0.3, 0.4) is 0 Å². The van der Waals surface area contributed by atoms with Gasteiger partial charge in [-0.1, -0.05) is 30.0 Å². The van der Waals surface area contributed by atoms with Crippen LogP contribution in [-0.4, -0.2) is 16.1 Å². The van der Waals surface area contributed by atoms with Gasteiger partial charge in [-0.2, -0.15) is 0 Å². The summed E-state index contributed by atoms with van der Waals surface area (Å²) in [5.74, 6) is 5.23. The van der Waals surface area contributed by atoms with Gasteiger partial charge < -0.3 is 5.11 Å². The summed E-state index contributed by atoms with van der Waals surface area (Å²) in [5, 5.41) is 9.87. The maximum atomic E-state index is 10.8. The number of carboxylic acids is 1. The van der Waals surface area contributed by atoms with Gasteiger partial charge in [0.05, 0.1) is 11.1 Å². The third-order valence-electron chi connectivity index (χ3n) is 3.12. The van der Waals surface area contributed by atoms with Crippen LogP contribution in [0.1, 0.15) is 21.5 Å². The van der Waals surface area contributed by atoms with Gasteiger partial charge >= 0.3 is 5.97 Å². The second-order valence-electron chi connectivity index (χ2n) is 4.51. The second-order valence-corrected chi connectivity index (χ2v) is 4.51. The first-order valence-corrected chi connectivity index (χ1v) is 6.43. The Kier molecular flexibility index (Phi) is 3.36. The molecule has 100 valence electrons. The maximum absolute atomic E-state index is 10.8. The van der Waals surface area contributed by atoms with E-state index >= 15 is 0 Å². The van der Waals surface area contributed by atoms with Gasteiger partial charge in [-0.05, 0) is 36.4 Å². The molecule has 0 atom stereocenters. The number of aromatic carboxylic acids is 1. The van der Waals surface area contributed by atoms with Crippen molar-refractivity contribution < 1.29 is 9.90 Å².